The third-order valence-electron chi connectivity index (χ3n) is 2.38. The summed E-state index contributed by atoms with van der Waals surface area (Å²) in [6.45, 7) is 2.54. The van der Waals surface area contributed by atoms with Crippen molar-refractivity contribution in [1.82, 2.24) is 14.8 Å². The lowest BCUT2D eigenvalue weighted by atomic mass is 10.3. The fraction of sp³-hybridized carbons (Fsp3) is 0.182. The number of pyridine rings is 1. The number of nitrogen functional groups attached to an aromatic ring is 1. The molecule has 0 radical (unpaired) electrons. The summed E-state index contributed by atoms with van der Waals surface area (Å²) in [6.07, 6.45) is 3.15. The van der Waals surface area contributed by atoms with Gasteiger partial charge in [-0.25, -0.2) is 4.98 Å². The van der Waals surface area contributed by atoms with Crippen LogP contribution in [-0.4, -0.2) is 20.7 Å². The molecule has 3 N–H and O–H groups in total. The van der Waals surface area contributed by atoms with E-state index < -0.39 is 5.91 Å². The van der Waals surface area contributed by atoms with Crippen LogP contribution in [0.2, 0.25) is 5.15 Å². The summed E-state index contributed by atoms with van der Waals surface area (Å²) in [5, 5.41) is 6.91. The van der Waals surface area contributed by atoms with Crippen LogP contribution in [0.15, 0.2) is 22.9 Å². The number of nitrogens with one attached hydrogen (secondary N) is 1. The fourth-order valence-electron chi connectivity index (χ4n) is 1.47. The van der Waals surface area contributed by atoms with Crippen LogP contribution in [0.1, 0.15) is 17.4 Å². The molecule has 8 heteroatoms. The van der Waals surface area contributed by atoms with Gasteiger partial charge in [0.05, 0.1) is 11.4 Å². The van der Waals surface area contributed by atoms with Crippen LogP contribution in [0.5, 0.6) is 0 Å². The number of aromatic nitrogens is 3. The summed E-state index contributed by atoms with van der Waals surface area (Å²) >= 11 is 9.15. The molecule has 1 amide bonds. The summed E-state index contributed by atoms with van der Waals surface area (Å²) in [4.78, 5) is 16.0. The Bertz CT molecular complexity index is 628. The van der Waals surface area contributed by atoms with Gasteiger partial charge in [0, 0.05) is 23.4 Å². The zero-order valence-electron chi connectivity index (χ0n) is 10.0. The Labute approximate surface area is 123 Å². The Morgan fingerprint density at radius 1 is 1.63 bits per heavy atom. The van der Waals surface area contributed by atoms with Crippen LogP contribution in [0.25, 0.3) is 0 Å². The first-order valence-corrected chi connectivity index (χ1v) is 6.63. The van der Waals surface area contributed by atoms with Gasteiger partial charge in [-0.05, 0) is 28.9 Å². The summed E-state index contributed by atoms with van der Waals surface area (Å²) in [7, 11) is 0. The number of anilines is 2. The van der Waals surface area contributed by atoms with Crippen molar-refractivity contribution in [2.75, 3.05) is 11.1 Å². The quantitative estimate of drug-likeness (QED) is 0.838. The van der Waals surface area contributed by atoms with E-state index >= 15 is 0 Å². The summed E-state index contributed by atoms with van der Waals surface area (Å²) < 4.78 is 2.30. The highest BCUT2D eigenvalue weighted by Crippen LogP contribution is 2.24. The molecule has 0 aromatic carbocycles. The molecular weight excluding hydrogens is 334 g/mol. The molecule has 0 spiro atoms. The maximum atomic E-state index is 12.1. The van der Waals surface area contributed by atoms with E-state index in [0.717, 1.165) is 0 Å². The number of hydrogen-bond donors (Lipinski definition) is 2. The molecule has 0 unspecified atom stereocenters. The maximum Gasteiger partial charge on any atom is 0.278 e. The van der Waals surface area contributed by atoms with Gasteiger partial charge in [-0.3, -0.25) is 9.48 Å². The summed E-state index contributed by atoms with van der Waals surface area (Å²) in [5.74, 6) is -0.425. The predicted molar refractivity (Wildman–Crippen MR) is 77.2 cm³/mol. The first-order chi connectivity index (χ1) is 9.01. The van der Waals surface area contributed by atoms with Gasteiger partial charge in [0.1, 0.15) is 0 Å². The number of amides is 1. The number of nitrogens with zero attached hydrogens (tertiary/aromatic N) is 3. The smallest absolute Gasteiger partial charge is 0.278 e. The van der Waals surface area contributed by atoms with E-state index in [2.05, 4.69) is 31.3 Å². The van der Waals surface area contributed by atoms with E-state index in [1.807, 2.05) is 6.92 Å². The first-order valence-electron chi connectivity index (χ1n) is 5.46. The molecule has 6 nitrogen and oxygen atoms in total. The van der Waals surface area contributed by atoms with Crippen LogP contribution in [0.4, 0.5) is 11.4 Å². The van der Waals surface area contributed by atoms with E-state index in [1.165, 1.54) is 6.20 Å². The minimum atomic E-state index is -0.425. The topological polar surface area (TPSA) is 85.8 Å². The van der Waals surface area contributed by atoms with Crippen molar-refractivity contribution in [3.8, 4) is 0 Å². The third-order valence-corrected chi connectivity index (χ3v) is 3.12. The van der Waals surface area contributed by atoms with Crippen LogP contribution >= 0.6 is 27.5 Å². The molecule has 19 heavy (non-hydrogen) atoms. The van der Waals surface area contributed by atoms with E-state index in [4.69, 9.17) is 17.3 Å². The molecule has 2 aromatic rings. The van der Waals surface area contributed by atoms with Crippen molar-refractivity contribution >= 4 is 44.8 Å². The number of nitrogens with two attached hydrogens (primary N) is 1. The molecule has 0 aliphatic carbocycles. The Morgan fingerprint density at radius 2 is 2.37 bits per heavy atom. The van der Waals surface area contributed by atoms with Crippen molar-refractivity contribution < 1.29 is 4.79 Å². The number of aryl methyl sites for hydroxylation is 1. The standard InChI is InChI=1S/C11H11BrClN5O/c1-2-18-5-7(14)9(17-18)11(19)16-8-3-6(12)4-15-10(8)13/h3-5H,2,14H2,1H3,(H,16,19). The van der Waals surface area contributed by atoms with E-state index in [0.29, 0.717) is 22.4 Å². The number of rotatable bonds is 3. The molecule has 0 aliphatic heterocycles. The van der Waals surface area contributed by atoms with Gasteiger partial charge in [-0.1, -0.05) is 11.6 Å². The normalized spacial score (nSPS) is 10.5. The monoisotopic (exact) mass is 343 g/mol. The van der Waals surface area contributed by atoms with Crippen LogP contribution < -0.4 is 11.1 Å². The van der Waals surface area contributed by atoms with Gasteiger partial charge in [0.2, 0.25) is 0 Å². The molecule has 2 rings (SSSR count). The fourth-order valence-corrected chi connectivity index (χ4v) is 1.95. The van der Waals surface area contributed by atoms with Crippen LogP contribution in [0.3, 0.4) is 0 Å². The van der Waals surface area contributed by atoms with Gasteiger partial charge in [-0.15, -0.1) is 0 Å². The largest absolute Gasteiger partial charge is 0.396 e. The summed E-state index contributed by atoms with van der Waals surface area (Å²) in [6, 6.07) is 1.65. The molecular formula is C11H11BrClN5O. The molecule has 2 aromatic heterocycles. The Balaban J connectivity index is 2.25. The van der Waals surface area contributed by atoms with E-state index in [-0.39, 0.29) is 10.8 Å². The van der Waals surface area contributed by atoms with Gasteiger partial charge >= 0.3 is 0 Å². The van der Waals surface area contributed by atoms with Gasteiger partial charge in [0.25, 0.3) is 5.91 Å². The Morgan fingerprint density at radius 3 is 3.00 bits per heavy atom. The van der Waals surface area contributed by atoms with Crippen molar-refractivity contribution in [1.29, 1.82) is 0 Å². The average molecular weight is 345 g/mol. The predicted octanol–water partition coefficient (Wildman–Crippen LogP) is 2.55. The van der Waals surface area contributed by atoms with Crippen molar-refractivity contribution in [3.05, 3.63) is 33.8 Å². The third kappa shape index (κ3) is 3.05. The van der Waals surface area contributed by atoms with Crippen molar-refractivity contribution in [2.45, 2.75) is 13.5 Å². The minimum Gasteiger partial charge on any atom is -0.396 e. The second-order valence-electron chi connectivity index (χ2n) is 3.73. The van der Waals surface area contributed by atoms with Gasteiger partial charge < -0.3 is 11.1 Å². The molecule has 0 saturated heterocycles. The van der Waals surface area contributed by atoms with Crippen molar-refractivity contribution in [3.63, 3.8) is 0 Å². The zero-order chi connectivity index (χ0) is 14.0. The lowest BCUT2D eigenvalue weighted by Gasteiger charge is -2.05. The van der Waals surface area contributed by atoms with Gasteiger partial charge in [-0.2, -0.15) is 5.10 Å². The van der Waals surface area contributed by atoms with E-state index in [1.54, 1.807) is 16.9 Å². The molecule has 0 saturated carbocycles. The number of carbonyl (C=O) groups is 1. The number of halogens is 2. The molecule has 0 fully saturated rings. The molecule has 2 heterocycles. The molecule has 0 atom stereocenters. The second-order valence-corrected chi connectivity index (χ2v) is 5.01. The lowest BCUT2D eigenvalue weighted by molar-refractivity contribution is 0.102. The van der Waals surface area contributed by atoms with E-state index in [9.17, 15) is 4.79 Å². The Kier molecular flexibility index (Phi) is 4.06. The summed E-state index contributed by atoms with van der Waals surface area (Å²) in [5.41, 5.74) is 6.62. The van der Waals surface area contributed by atoms with Crippen molar-refractivity contribution in [2.24, 2.45) is 0 Å². The number of carbonyl (C=O) groups excluding carboxylic acids is 1. The SMILES string of the molecule is CCn1cc(N)c(C(=O)Nc2cc(Br)cnc2Cl)n1. The average Bonchev–Trinajstić information content (AvgIpc) is 2.75. The lowest BCUT2D eigenvalue weighted by Crippen LogP contribution is -2.15. The first kappa shape index (κ1) is 13.8. The minimum absolute atomic E-state index is 0.165. The second kappa shape index (κ2) is 5.58. The Hall–Kier alpha value is -1.60. The van der Waals surface area contributed by atoms with Crippen LogP contribution in [0, 0.1) is 0 Å². The number of hydrogen-bond acceptors (Lipinski definition) is 4. The highest BCUT2D eigenvalue weighted by Gasteiger charge is 2.16. The highest BCUT2D eigenvalue weighted by molar-refractivity contribution is 9.10. The molecule has 100 valence electrons. The van der Waals surface area contributed by atoms with Crippen LogP contribution in [-0.2, 0) is 6.54 Å². The molecule has 0 aliphatic rings. The zero-order valence-corrected chi connectivity index (χ0v) is 12.4. The highest BCUT2D eigenvalue weighted by atomic mass is 79.9. The molecule has 0 bridgehead atoms. The van der Waals surface area contributed by atoms with Gasteiger partial charge in [0.15, 0.2) is 10.8 Å². The maximum absolute atomic E-state index is 12.1.